The highest BCUT2D eigenvalue weighted by Crippen LogP contribution is 2.21. The van der Waals surface area contributed by atoms with Crippen molar-refractivity contribution < 1.29 is 14.7 Å². The van der Waals surface area contributed by atoms with Crippen molar-refractivity contribution in [2.24, 2.45) is 0 Å². The van der Waals surface area contributed by atoms with E-state index in [2.05, 4.69) is 0 Å². The van der Waals surface area contributed by atoms with E-state index in [-0.39, 0.29) is 5.91 Å². The molecule has 90 valence electrons. The van der Waals surface area contributed by atoms with Crippen LogP contribution in [0.4, 0.5) is 0 Å². The first-order valence-corrected chi connectivity index (χ1v) is 5.77. The lowest BCUT2D eigenvalue weighted by Crippen LogP contribution is -2.40. The second-order valence-corrected chi connectivity index (χ2v) is 4.44. The highest BCUT2D eigenvalue weighted by molar-refractivity contribution is 6.31. The molecule has 1 unspecified atom stereocenters. The number of carbonyl (C=O) groups excluding carboxylic acids is 1. The van der Waals surface area contributed by atoms with E-state index in [0.29, 0.717) is 23.6 Å². The van der Waals surface area contributed by atoms with Gasteiger partial charge in [0, 0.05) is 17.1 Å². The molecule has 2 rings (SSSR count). The summed E-state index contributed by atoms with van der Waals surface area (Å²) in [6, 6.07) is 5.85. The van der Waals surface area contributed by atoms with Crippen LogP contribution < -0.4 is 0 Å². The highest BCUT2D eigenvalue weighted by Gasteiger charge is 2.34. The fraction of sp³-hybridized carbons (Fsp3) is 0.333. The number of hydrogen-bond acceptors (Lipinski definition) is 2. The van der Waals surface area contributed by atoms with Crippen molar-refractivity contribution in [2.75, 3.05) is 6.54 Å². The minimum absolute atomic E-state index is 0.266. The number of halogens is 1. The number of benzene rings is 1. The van der Waals surface area contributed by atoms with Gasteiger partial charge in [-0.1, -0.05) is 17.7 Å². The summed E-state index contributed by atoms with van der Waals surface area (Å²) in [5, 5.41) is 9.49. The first-order chi connectivity index (χ1) is 8.09. The maximum atomic E-state index is 12.1. The van der Waals surface area contributed by atoms with Gasteiger partial charge in [0.1, 0.15) is 6.04 Å². The molecule has 1 N–H and O–H groups in total. The molecule has 5 heteroatoms. The third-order valence-electron chi connectivity index (χ3n) is 2.87. The topological polar surface area (TPSA) is 57.6 Å². The highest BCUT2D eigenvalue weighted by atomic mass is 35.5. The summed E-state index contributed by atoms with van der Waals surface area (Å²) < 4.78 is 0. The van der Waals surface area contributed by atoms with Crippen LogP contribution in [0.5, 0.6) is 0 Å². The monoisotopic (exact) mass is 253 g/mol. The van der Waals surface area contributed by atoms with Crippen molar-refractivity contribution >= 4 is 23.5 Å². The second kappa shape index (κ2) is 4.75. The van der Waals surface area contributed by atoms with E-state index in [1.54, 1.807) is 24.3 Å². The lowest BCUT2D eigenvalue weighted by Gasteiger charge is -2.21. The summed E-state index contributed by atoms with van der Waals surface area (Å²) >= 11 is 5.81. The summed E-state index contributed by atoms with van der Waals surface area (Å²) in [4.78, 5) is 24.5. The summed E-state index contributed by atoms with van der Waals surface area (Å²) in [7, 11) is 0. The average Bonchev–Trinajstić information content (AvgIpc) is 2.77. The lowest BCUT2D eigenvalue weighted by molar-refractivity contribution is -0.141. The van der Waals surface area contributed by atoms with Crippen LogP contribution in [0, 0.1) is 0 Å². The number of carbonyl (C=O) groups is 2. The van der Waals surface area contributed by atoms with Crippen LogP contribution >= 0.6 is 11.6 Å². The Hall–Kier alpha value is -1.55. The molecular formula is C12H12ClNO3. The van der Waals surface area contributed by atoms with E-state index in [0.717, 1.165) is 6.42 Å². The molecule has 1 aliphatic rings. The molecule has 1 aromatic rings. The van der Waals surface area contributed by atoms with Gasteiger partial charge < -0.3 is 10.0 Å². The third kappa shape index (κ3) is 2.42. The minimum atomic E-state index is -0.946. The predicted octanol–water partition coefficient (Wildman–Crippen LogP) is 2.03. The van der Waals surface area contributed by atoms with Gasteiger partial charge in [-0.05, 0) is 31.0 Å². The van der Waals surface area contributed by atoms with Gasteiger partial charge in [-0.3, -0.25) is 4.79 Å². The molecule has 0 saturated carbocycles. The van der Waals surface area contributed by atoms with Crippen molar-refractivity contribution in [2.45, 2.75) is 18.9 Å². The molecule has 1 fully saturated rings. The normalized spacial score (nSPS) is 19.4. The van der Waals surface area contributed by atoms with Crippen LogP contribution in [-0.2, 0) is 4.79 Å². The van der Waals surface area contributed by atoms with Crippen LogP contribution in [0.3, 0.4) is 0 Å². The number of carboxylic acids is 1. The van der Waals surface area contributed by atoms with Crippen molar-refractivity contribution in [1.29, 1.82) is 0 Å². The van der Waals surface area contributed by atoms with Gasteiger partial charge in [-0.2, -0.15) is 0 Å². The molecule has 0 aromatic heterocycles. The van der Waals surface area contributed by atoms with Crippen LogP contribution in [0.2, 0.25) is 5.02 Å². The smallest absolute Gasteiger partial charge is 0.326 e. The van der Waals surface area contributed by atoms with Crippen LogP contribution in [-0.4, -0.2) is 34.5 Å². The molecule has 1 atom stereocenters. The van der Waals surface area contributed by atoms with E-state index in [4.69, 9.17) is 16.7 Å². The molecule has 1 saturated heterocycles. The Bertz CT molecular complexity index is 461. The molecule has 1 aliphatic heterocycles. The van der Waals surface area contributed by atoms with Crippen molar-refractivity contribution in [3.63, 3.8) is 0 Å². The van der Waals surface area contributed by atoms with Gasteiger partial charge in [-0.15, -0.1) is 0 Å². The van der Waals surface area contributed by atoms with E-state index in [9.17, 15) is 9.59 Å². The molecule has 17 heavy (non-hydrogen) atoms. The third-order valence-corrected chi connectivity index (χ3v) is 3.11. The van der Waals surface area contributed by atoms with Gasteiger partial charge in [0.25, 0.3) is 5.91 Å². The molecule has 1 amide bonds. The van der Waals surface area contributed by atoms with Gasteiger partial charge >= 0.3 is 5.97 Å². The summed E-state index contributed by atoms with van der Waals surface area (Å²) in [6.45, 7) is 0.488. The number of rotatable bonds is 2. The summed E-state index contributed by atoms with van der Waals surface area (Å²) in [5.74, 6) is -1.21. The number of nitrogens with zero attached hydrogens (tertiary/aromatic N) is 1. The average molecular weight is 254 g/mol. The largest absolute Gasteiger partial charge is 0.480 e. The van der Waals surface area contributed by atoms with Crippen molar-refractivity contribution in [3.8, 4) is 0 Å². The summed E-state index contributed by atoms with van der Waals surface area (Å²) in [5.41, 5.74) is 0.436. The number of aliphatic carboxylic acids is 1. The fourth-order valence-corrected chi connectivity index (χ4v) is 2.24. The molecule has 4 nitrogen and oxygen atoms in total. The van der Waals surface area contributed by atoms with E-state index >= 15 is 0 Å². The Kier molecular flexibility index (Phi) is 3.33. The van der Waals surface area contributed by atoms with Gasteiger partial charge in [0.2, 0.25) is 0 Å². The van der Waals surface area contributed by atoms with E-state index in [1.807, 2.05) is 0 Å². The first kappa shape index (κ1) is 11.9. The van der Waals surface area contributed by atoms with Gasteiger partial charge in [0.05, 0.1) is 0 Å². The molecule has 0 aliphatic carbocycles. The van der Waals surface area contributed by atoms with E-state index < -0.39 is 12.0 Å². The Labute approximate surface area is 104 Å². The zero-order chi connectivity index (χ0) is 12.4. The first-order valence-electron chi connectivity index (χ1n) is 5.39. The summed E-state index contributed by atoms with van der Waals surface area (Å²) in [6.07, 6.45) is 1.24. The van der Waals surface area contributed by atoms with Crippen molar-refractivity contribution in [1.82, 2.24) is 4.90 Å². The number of amides is 1. The predicted molar refractivity (Wildman–Crippen MR) is 63.1 cm³/mol. The van der Waals surface area contributed by atoms with Crippen LogP contribution in [0.15, 0.2) is 24.3 Å². The number of likely N-dealkylation sites (tertiary alicyclic amines) is 1. The quantitative estimate of drug-likeness (QED) is 0.877. The minimum Gasteiger partial charge on any atom is -0.480 e. The lowest BCUT2D eigenvalue weighted by atomic mass is 10.1. The van der Waals surface area contributed by atoms with E-state index in [1.165, 1.54) is 4.90 Å². The Morgan fingerprint density at radius 2 is 2.18 bits per heavy atom. The Morgan fingerprint density at radius 3 is 2.82 bits per heavy atom. The molecule has 1 heterocycles. The van der Waals surface area contributed by atoms with Gasteiger partial charge in [-0.25, -0.2) is 4.79 Å². The van der Waals surface area contributed by atoms with Crippen LogP contribution in [0.25, 0.3) is 0 Å². The maximum absolute atomic E-state index is 12.1. The zero-order valence-corrected chi connectivity index (χ0v) is 9.85. The molecular weight excluding hydrogens is 242 g/mol. The zero-order valence-electron chi connectivity index (χ0n) is 9.10. The fourth-order valence-electron chi connectivity index (χ4n) is 2.05. The Morgan fingerprint density at radius 1 is 1.41 bits per heavy atom. The molecule has 0 bridgehead atoms. The SMILES string of the molecule is O=C(O)C1CCCN1C(=O)c1cccc(Cl)c1. The van der Waals surface area contributed by atoms with Gasteiger partial charge in [0.15, 0.2) is 0 Å². The second-order valence-electron chi connectivity index (χ2n) is 4.01. The standard InChI is InChI=1S/C12H12ClNO3/c13-9-4-1-3-8(7-9)11(15)14-6-2-5-10(14)12(16)17/h1,3-4,7,10H,2,5-6H2,(H,16,17). The number of carboxylic acid groups (broad SMARTS) is 1. The Balaban J connectivity index is 2.23. The van der Waals surface area contributed by atoms with Crippen molar-refractivity contribution in [3.05, 3.63) is 34.9 Å². The molecule has 1 aromatic carbocycles. The van der Waals surface area contributed by atoms with Crippen LogP contribution in [0.1, 0.15) is 23.2 Å². The number of hydrogen-bond donors (Lipinski definition) is 1. The molecule has 0 spiro atoms. The maximum Gasteiger partial charge on any atom is 0.326 e. The molecule has 0 radical (unpaired) electrons.